The maximum absolute atomic E-state index is 12.2. The zero-order valence-corrected chi connectivity index (χ0v) is 11.3. The van der Waals surface area contributed by atoms with Gasteiger partial charge in [0.2, 0.25) is 0 Å². The molecule has 0 saturated carbocycles. The van der Waals surface area contributed by atoms with Crippen LogP contribution in [0.25, 0.3) is 10.4 Å². The van der Waals surface area contributed by atoms with Gasteiger partial charge in [0.25, 0.3) is 5.54 Å². The Kier molecular flexibility index (Phi) is 5.56. The smallest absolute Gasteiger partial charge is 0.334 e. The Labute approximate surface area is 116 Å². The standard InChI is InChI=1S/C13H15N3O4/c1-3-19-11(17)13(15-16-14,12(18)20-4-2)10-8-6-5-7-9-10/h5-9H,3-4H2,1-2H3. The minimum absolute atomic E-state index is 0.0494. The summed E-state index contributed by atoms with van der Waals surface area (Å²) in [6.45, 7) is 3.28. The molecule has 0 bridgehead atoms. The van der Waals surface area contributed by atoms with Gasteiger partial charge in [-0.2, -0.15) is 0 Å². The van der Waals surface area contributed by atoms with Crippen LogP contribution in [0.5, 0.6) is 0 Å². The SMILES string of the molecule is CCOC(=O)C(N=[N+]=[N-])(C(=O)OCC)c1ccccc1. The van der Waals surface area contributed by atoms with Gasteiger partial charge in [-0.3, -0.25) is 9.59 Å². The Morgan fingerprint density at radius 2 is 1.65 bits per heavy atom. The van der Waals surface area contributed by atoms with Gasteiger partial charge in [-0.1, -0.05) is 35.4 Å². The maximum Gasteiger partial charge on any atom is 0.334 e. The first-order valence-corrected chi connectivity index (χ1v) is 6.09. The third kappa shape index (κ3) is 2.89. The third-order valence-electron chi connectivity index (χ3n) is 2.53. The summed E-state index contributed by atoms with van der Waals surface area (Å²) in [6, 6.07) is 7.95. The lowest BCUT2D eigenvalue weighted by Gasteiger charge is -2.24. The van der Waals surface area contributed by atoms with Crippen LogP contribution in [0.3, 0.4) is 0 Å². The molecule has 0 atom stereocenters. The van der Waals surface area contributed by atoms with Gasteiger partial charge in [-0.25, -0.2) is 0 Å². The van der Waals surface area contributed by atoms with Crippen LogP contribution < -0.4 is 0 Å². The molecule has 106 valence electrons. The summed E-state index contributed by atoms with van der Waals surface area (Å²) in [5.41, 5.74) is 6.79. The average Bonchev–Trinajstić information content (AvgIpc) is 2.46. The fourth-order valence-electron chi connectivity index (χ4n) is 1.68. The number of rotatable bonds is 6. The fourth-order valence-corrected chi connectivity index (χ4v) is 1.68. The Morgan fingerprint density at radius 1 is 1.15 bits per heavy atom. The van der Waals surface area contributed by atoms with E-state index >= 15 is 0 Å². The van der Waals surface area contributed by atoms with E-state index in [1.807, 2.05) is 0 Å². The Balaban J connectivity index is 3.46. The van der Waals surface area contributed by atoms with E-state index in [0.29, 0.717) is 0 Å². The van der Waals surface area contributed by atoms with Crippen molar-refractivity contribution >= 4 is 11.9 Å². The first-order chi connectivity index (χ1) is 9.63. The third-order valence-corrected chi connectivity index (χ3v) is 2.53. The van der Waals surface area contributed by atoms with Crippen molar-refractivity contribution in [1.82, 2.24) is 0 Å². The van der Waals surface area contributed by atoms with E-state index in [4.69, 9.17) is 15.0 Å². The molecule has 20 heavy (non-hydrogen) atoms. The Hall–Kier alpha value is -2.53. The highest BCUT2D eigenvalue weighted by molar-refractivity contribution is 6.06. The number of nitrogens with zero attached hydrogens (tertiary/aromatic N) is 3. The lowest BCUT2D eigenvalue weighted by Crippen LogP contribution is -2.44. The summed E-state index contributed by atoms with van der Waals surface area (Å²) in [6.07, 6.45) is 0. The van der Waals surface area contributed by atoms with Crippen molar-refractivity contribution < 1.29 is 19.1 Å². The molecule has 0 spiro atoms. The van der Waals surface area contributed by atoms with E-state index < -0.39 is 17.5 Å². The zero-order chi connectivity index (χ0) is 15.0. The maximum atomic E-state index is 12.2. The van der Waals surface area contributed by atoms with Crippen LogP contribution in [-0.2, 0) is 24.6 Å². The molecule has 7 heteroatoms. The summed E-state index contributed by atoms with van der Waals surface area (Å²) >= 11 is 0. The molecule has 0 aliphatic carbocycles. The molecule has 0 fully saturated rings. The van der Waals surface area contributed by atoms with E-state index in [-0.39, 0.29) is 18.8 Å². The molecule has 0 radical (unpaired) electrons. The summed E-state index contributed by atoms with van der Waals surface area (Å²) < 4.78 is 9.75. The Morgan fingerprint density at radius 3 is 2.05 bits per heavy atom. The van der Waals surface area contributed by atoms with Crippen LogP contribution in [0, 0.1) is 0 Å². The monoisotopic (exact) mass is 277 g/mol. The number of hydrogen-bond donors (Lipinski definition) is 0. The summed E-state index contributed by atoms with van der Waals surface area (Å²) in [4.78, 5) is 27.0. The van der Waals surface area contributed by atoms with Crippen LogP contribution in [0.1, 0.15) is 19.4 Å². The average molecular weight is 277 g/mol. The van der Waals surface area contributed by atoms with Gasteiger partial charge < -0.3 is 9.47 Å². The zero-order valence-electron chi connectivity index (χ0n) is 11.3. The van der Waals surface area contributed by atoms with Gasteiger partial charge in [0.05, 0.1) is 13.2 Å². The van der Waals surface area contributed by atoms with Gasteiger partial charge in [0.1, 0.15) is 0 Å². The normalized spacial score (nSPS) is 10.3. The Bertz CT molecular complexity index is 506. The van der Waals surface area contributed by atoms with E-state index in [1.54, 1.807) is 32.0 Å². The van der Waals surface area contributed by atoms with Crippen molar-refractivity contribution in [2.75, 3.05) is 13.2 Å². The highest BCUT2D eigenvalue weighted by Crippen LogP contribution is 2.30. The first-order valence-electron chi connectivity index (χ1n) is 6.09. The second-order valence-corrected chi connectivity index (χ2v) is 3.71. The second kappa shape index (κ2) is 7.16. The van der Waals surface area contributed by atoms with Crippen LogP contribution in [0.4, 0.5) is 0 Å². The lowest BCUT2D eigenvalue weighted by molar-refractivity contribution is -0.164. The molecule has 1 aromatic rings. The van der Waals surface area contributed by atoms with Crippen LogP contribution in [-0.4, -0.2) is 25.2 Å². The molecule has 7 nitrogen and oxygen atoms in total. The largest absolute Gasteiger partial charge is 0.465 e. The van der Waals surface area contributed by atoms with Crippen LogP contribution >= 0.6 is 0 Å². The first kappa shape index (κ1) is 15.5. The van der Waals surface area contributed by atoms with E-state index in [1.165, 1.54) is 12.1 Å². The van der Waals surface area contributed by atoms with Crippen LogP contribution in [0.15, 0.2) is 35.4 Å². The molecule has 0 amide bonds. The minimum atomic E-state index is -2.15. The molecule has 0 aromatic heterocycles. The molecule has 1 rings (SSSR count). The molecule has 0 saturated heterocycles. The molecule has 0 aliphatic heterocycles. The highest BCUT2D eigenvalue weighted by atomic mass is 16.6. The predicted molar refractivity (Wildman–Crippen MR) is 70.5 cm³/mol. The fraction of sp³-hybridized carbons (Fsp3) is 0.385. The molecule has 1 aromatic carbocycles. The van der Waals surface area contributed by atoms with Gasteiger partial charge in [-0.15, -0.1) is 0 Å². The van der Waals surface area contributed by atoms with Crippen molar-refractivity contribution in [3.8, 4) is 0 Å². The summed E-state index contributed by atoms with van der Waals surface area (Å²) in [7, 11) is 0. The van der Waals surface area contributed by atoms with Crippen molar-refractivity contribution in [2.24, 2.45) is 5.11 Å². The van der Waals surface area contributed by atoms with Gasteiger partial charge in [0, 0.05) is 4.91 Å². The van der Waals surface area contributed by atoms with Crippen molar-refractivity contribution in [3.63, 3.8) is 0 Å². The summed E-state index contributed by atoms with van der Waals surface area (Å²) in [5.74, 6) is -1.91. The number of azide groups is 1. The molecule has 0 aliphatic rings. The number of ether oxygens (including phenoxy) is 2. The quantitative estimate of drug-likeness (QED) is 0.262. The minimum Gasteiger partial charge on any atom is -0.465 e. The highest BCUT2D eigenvalue weighted by Gasteiger charge is 2.50. The van der Waals surface area contributed by atoms with Crippen molar-refractivity contribution in [2.45, 2.75) is 19.4 Å². The molecular weight excluding hydrogens is 262 g/mol. The molecular formula is C13H15N3O4. The van der Waals surface area contributed by atoms with Crippen LogP contribution in [0.2, 0.25) is 0 Å². The van der Waals surface area contributed by atoms with E-state index in [0.717, 1.165) is 0 Å². The predicted octanol–water partition coefficient (Wildman–Crippen LogP) is 2.32. The second-order valence-electron chi connectivity index (χ2n) is 3.71. The van der Waals surface area contributed by atoms with Crippen molar-refractivity contribution in [1.29, 1.82) is 0 Å². The topological polar surface area (TPSA) is 101 Å². The van der Waals surface area contributed by atoms with Gasteiger partial charge >= 0.3 is 11.9 Å². The van der Waals surface area contributed by atoms with Crippen molar-refractivity contribution in [3.05, 3.63) is 46.3 Å². The molecule has 0 N–H and O–H groups in total. The van der Waals surface area contributed by atoms with E-state index in [2.05, 4.69) is 10.0 Å². The summed E-state index contributed by atoms with van der Waals surface area (Å²) in [5, 5.41) is 3.39. The molecule has 0 unspecified atom stereocenters. The van der Waals surface area contributed by atoms with Gasteiger partial charge in [0.15, 0.2) is 0 Å². The number of benzene rings is 1. The number of carbonyl (C=O) groups excluding carboxylic acids is 2. The van der Waals surface area contributed by atoms with Gasteiger partial charge in [-0.05, 0) is 24.9 Å². The number of carbonyl (C=O) groups is 2. The number of esters is 2. The van der Waals surface area contributed by atoms with E-state index in [9.17, 15) is 9.59 Å². The molecule has 0 heterocycles. The lowest BCUT2D eigenvalue weighted by atomic mass is 9.91. The number of hydrogen-bond acceptors (Lipinski definition) is 5.